The molecular formula is C15H25NS. The van der Waals surface area contributed by atoms with Crippen LogP contribution in [-0.2, 0) is 0 Å². The summed E-state index contributed by atoms with van der Waals surface area (Å²) in [6.07, 6.45) is 3.93. The zero-order valence-corrected chi connectivity index (χ0v) is 12.1. The molecule has 96 valence electrons. The molecule has 2 heteroatoms. The maximum atomic E-state index is 3.45. The van der Waals surface area contributed by atoms with Gasteiger partial charge in [0.1, 0.15) is 0 Å². The van der Waals surface area contributed by atoms with Gasteiger partial charge in [-0.15, -0.1) is 11.8 Å². The van der Waals surface area contributed by atoms with Crippen molar-refractivity contribution in [3.63, 3.8) is 0 Å². The predicted octanol–water partition coefficient (Wildman–Crippen LogP) is 4.26. The summed E-state index contributed by atoms with van der Waals surface area (Å²) in [6.45, 7) is 7.66. The highest BCUT2D eigenvalue weighted by Gasteiger charge is 1.99. The van der Waals surface area contributed by atoms with Gasteiger partial charge in [-0.3, -0.25) is 0 Å². The van der Waals surface area contributed by atoms with E-state index in [0.29, 0.717) is 6.04 Å². The molecule has 17 heavy (non-hydrogen) atoms. The van der Waals surface area contributed by atoms with Gasteiger partial charge in [-0.2, -0.15) is 0 Å². The molecule has 0 saturated carbocycles. The second-order valence-corrected chi connectivity index (χ2v) is 5.78. The van der Waals surface area contributed by atoms with Gasteiger partial charge in [-0.25, -0.2) is 0 Å². The Morgan fingerprint density at radius 1 is 1.18 bits per heavy atom. The monoisotopic (exact) mass is 251 g/mol. The topological polar surface area (TPSA) is 12.0 Å². The van der Waals surface area contributed by atoms with E-state index in [2.05, 4.69) is 50.4 Å². The van der Waals surface area contributed by atoms with Crippen LogP contribution >= 0.6 is 11.8 Å². The van der Waals surface area contributed by atoms with E-state index < -0.39 is 0 Å². The van der Waals surface area contributed by atoms with Gasteiger partial charge >= 0.3 is 0 Å². The van der Waals surface area contributed by atoms with Crippen LogP contribution in [0.3, 0.4) is 0 Å². The zero-order chi connectivity index (χ0) is 12.5. The van der Waals surface area contributed by atoms with Crippen LogP contribution < -0.4 is 5.32 Å². The van der Waals surface area contributed by atoms with E-state index >= 15 is 0 Å². The van der Waals surface area contributed by atoms with Crippen molar-refractivity contribution in [2.75, 3.05) is 12.3 Å². The molecule has 0 amide bonds. The Morgan fingerprint density at radius 2 is 1.88 bits per heavy atom. The number of benzene rings is 1. The molecule has 1 atom stereocenters. The number of aryl methyl sites for hydroxylation is 1. The average Bonchev–Trinajstić information content (AvgIpc) is 2.31. The second-order valence-electron chi connectivity index (χ2n) is 4.62. The van der Waals surface area contributed by atoms with Crippen LogP contribution in [0.4, 0.5) is 0 Å². The van der Waals surface area contributed by atoms with Crippen molar-refractivity contribution >= 4 is 11.8 Å². The van der Waals surface area contributed by atoms with E-state index in [1.165, 1.54) is 35.5 Å². The molecule has 0 spiro atoms. The molecule has 0 aliphatic rings. The Morgan fingerprint density at radius 3 is 2.53 bits per heavy atom. The molecule has 1 nitrogen and oxygen atoms in total. The molecule has 1 aromatic carbocycles. The van der Waals surface area contributed by atoms with Gasteiger partial charge in [0.25, 0.3) is 0 Å². The van der Waals surface area contributed by atoms with Gasteiger partial charge in [-0.1, -0.05) is 31.0 Å². The van der Waals surface area contributed by atoms with Gasteiger partial charge in [0, 0.05) is 10.9 Å². The fourth-order valence-corrected chi connectivity index (χ4v) is 2.74. The number of rotatable bonds is 8. The van der Waals surface area contributed by atoms with E-state index in [1.54, 1.807) is 0 Å². The fourth-order valence-electron chi connectivity index (χ4n) is 1.83. The Kier molecular flexibility index (Phi) is 7.38. The van der Waals surface area contributed by atoms with Gasteiger partial charge < -0.3 is 5.32 Å². The smallest absolute Gasteiger partial charge is 0.00721 e. The molecule has 1 aromatic rings. The normalized spacial score (nSPS) is 12.6. The van der Waals surface area contributed by atoms with Crippen molar-refractivity contribution < 1.29 is 0 Å². The van der Waals surface area contributed by atoms with Crippen LogP contribution in [0, 0.1) is 6.92 Å². The molecule has 0 bridgehead atoms. The molecule has 1 rings (SSSR count). The number of hydrogen-bond donors (Lipinski definition) is 1. The summed E-state index contributed by atoms with van der Waals surface area (Å²) in [7, 11) is 0. The van der Waals surface area contributed by atoms with Crippen molar-refractivity contribution in [2.24, 2.45) is 0 Å². The van der Waals surface area contributed by atoms with E-state index in [-0.39, 0.29) is 0 Å². The van der Waals surface area contributed by atoms with E-state index in [9.17, 15) is 0 Å². The first-order valence-corrected chi connectivity index (χ1v) is 7.63. The Balaban J connectivity index is 2.06. The van der Waals surface area contributed by atoms with Gasteiger partial charge in [0.05, 0.1) is 0 Å². The molecule has 0 aliphatic heterocycles. The molecule has 1 N–H and O–H groups in total. The molecule has 0 aromatic heterocycles. The first kappa shape index (κ1) is 14.6. The highest BCUT2D eigenvalue weighted by Crippen LogP contribution is 2.20. The molecule has 0 saturated heterocycles. The fraction of sp³-hybridized carbons (Fsp3) is 0.600. The summed E-state index contributed by atoms with van der Waals surface area (Å²) >= 11 is 1.97. The van der Waals surface area contributed by atoms with Gasteiger partial charge in [0.2, 0.25) is 0 Å². The lowest BCUT2D eigenvalue weighted by atomic mass is 10.1. The Bertz CT molecular complexity index is 294. The third-order valence-corrected chi connectivity index (χ3v) is 3.97. The minimum Gasteiger partial charge on any atom is -0.315 e. The third kappa shape index (κ3) is 6.75. The van der Waals surface area contributed by atoms with Crippen LogP contribution in [0.15, 0.2) is 29.2 Å². The molecular weight excluding hydrogens is 226 g/mol. The maximum Gasteiger partial charge on any atom is 0.00721 e. The summed E-state index contributed by atoms with van der Waals surface area (Å²) in [6, 6.07) is 9.50. The highest BCUT2D eigenvalue weighted by molar-refractivity contribution is 7.99. The lowest BCUT2D eigenvalue weighted by Crippen LogP contribution is -2.25. The predicted molar refractivity (Wildman–Crippen MR) is 78.9 cm³/mol. The summed E-state index contributed by atoms with van der Waals surface area (Å²) in [5, 5.41) is 3.45. The maximum absolute atomic E-state index is 3.45. The number of hydrogen-bond acceptors (Lipinski definition) is 2. The third-order valence-electron chi connectivity index (χ3n) is 2.87. The van der Waals surface area contributed by atoms with Crippen molar-refractivity contribution in [3.8, 4) is 0 Å². The van der Waals surface area contributed by atoms with Gasteiger partial charge in [0.15, 0.2) is 0 Å². The molecule has 0 radical (unpaired) electrons. The Hall–Kier alpha value is -0.470. The van der Waals surface area contributed by atoms with Crippen LogP contribution in [-0.4, -0.2) is 18.3 Å². The van der Waals surface area contributed by atoms with E-state index in [1.807, 2.05) is 11.8 Å². The number of thioether (sulfide) groups is 1. The minimum atomic E-state index is 0.671. The van der Waals surface area contributed by atoms with Crippen molar-refractivity contribution in [3.05, 3.63) is 29.8 Å². The first-order valence-electron chi connectivity index (χ1n) is 6.65. The summed E-state index contributed by atoms with van der Waals surface area (Å²) < 4.78 is 0. The summed E-state index contributed by atoms with van der Waals surface area (Å²) in [5.74, 6) is 1.24. The zero-order valence-electron chi connectivity index (χ0n) is 11.3. The highest BCUT2D eigenvalue weighted by atomic mass is 32.2. The largest absolute Gasteiger partial charge is 0.315 e. The summed E-state index contributed by atoms with van der Waals surface area (Å²) in [4.78, 5) is 1.40. The van der Waals surface area contributed by atoms with Crippen molar-refractivity contribution in [2.45, 2.75) is 51.0 Å². The van der Waals surface area contributed by atoms with E-state index in [0.717, 1.165) is 6.54 Å². The lowest BCUT2D eigenvalue weighted by Gasteiger charge is -2.11. The van der Waals surface area contributed by atoms with Crippen molar-refractivity contribution in [1.29, 1.82) is 0 Å². The molecule has 0 aliphatic carbocycles. The summed E-state index contributed by atoms with van der Waals surface area (Å²) in [5.41, 5.74) is 1.34. The van der Waals surface area contributed by atoms with Crippen LogP contribution in [0.25, 0.3) is 0 Å². The molecule has 1 unspecified atom stereocenters. The Labute approximate surface area is 110 Å². The number of nitrogens with one attached hydrogen (secondary N) is 1. The van der Waals surface area contributed by atoms with Crippen molar-refractivity contribution in [1.82, 2.24) is 5.32 Å². The van der Waals surface area contributed by atoms with Gasteiger partial charge in [-0.05, 0) is 51.1 Å². The average molecular weight is 251 g/mol. The first-order chi connectivity index (χ1) is 8.22. The quantitative estimate of drug-likeness (QED) is 0.547. The van der Waals surface area contributed by atoms with Crippen LogP contribution in [0.5, 0.6) is 0 Å². The standard InChI is InChI=1S/C15H25NS/c1-4-16-14(3)7-5-6-12-17-15-10-8-13(2)9-11-15/h8-11,14,16H,4-7,12H2,1-3H3. The molecule has 0 fully saturated rings. The lowest BCUT2D eigenvalue weighted by molar-refractivity contribution is 0.510. The minimum absolute atomic E-state index is 0.671. The van der Waals surface area contributed by atoms with E-state index in [4.69, 9.17) is 0 Å². The second kappa shape index (κ2) is 8.60. The van der Waals surface area contributed by atoms with Crippen LogP contribution in [0.1, 0.15) is 38.7 Å². The number of unbranched alkanes of at least 4 members (excludes halogenated alkanes) is 1. The van der Waals surface area contributed by atoms with Crippen LogP contribution in [0.2, 0.25) is 0 Å². The molecule has 0 heterocycles. The SMILES string of the molecule is CCNC(C)CCCCSc1ccc(C)cc1.